The van der Waals surface area contributed by atoms with Gasteiger partial charge in [0.05, 0.1) is 10.5 Å². The van der Waals surface area contributed by atoms with E-state index in [-0.39, 0.29) is 10.5 Å². The molecule has 0 amide bonds. The number of hydrogen-bond donors (Lipinski definition) is 1. The molecule has 2 fully saturated rings. The van der Waals surface area contributed by atoms with E-state index >= 15 is 0 Å². The SMILES string of the molecule is N#Cc1ccccc1S(=O)(=O)NCC1CC2CCC1C2. The average molecular weight is 290 g/mol. The third-order valence-corrected chi connectivity index (χ3v) is 6.20. The number of fused-ring (bicyclic) bond motifs is 2. The first kappa shape index (κ1) is 13.6. The van der Waals surface area contributed by atoms with Gasteiger partial charge in [0.15, 0.2) is 0 Å². The molecule has 3 rings (SSSR count). The lowest BCUT2D eigenvalue weighted by atomic mass is 9.89. The second kappa shape index (κ2) is 5.19. The highest BCUT2D eigenvalue weighted by Crippen LogP contribution is 2.48. The zero-order valence-corrected chi connectivity index (χ0v) is 12.1. The second-order valence-electron chi connectivity index (χ2n) is 5.89. The number of nitrogens with one attached hydrogen (secondary N) is 1. The predicted octanol–water partition coefficient (Wildman–Crippen LogP) is 2.27. The fraction of sp³-hybridized carbons (Fsp3) is 0.533. The average Bonchev–Trinajstić information content (AvgIpc) is 3.07. The van der Waals surface area contributed by atoms with Crippen molar-refractivity contribution < 1.29 is 8.42 Å². The molecule has 4 nitrogen and oxygen atoms in total. The Hall–Kier alpha value is -1.38. The van der Waals surface area contributed by atoms with Crippen LogP contribution in [0.4, 0.5) is 0 Å². The van der Waals surface area contributed by atoms with E-state index in [0.717, 1.165) is 12.3 Å². The molecule has 0 aromatic heterocycles. The van der Waals surface area contributed by atoms with Gasteiger partial charge in [0.1, 0.15) is 6.07 Å². The summed E-state index contributed by atoms with van der Waals surface area (Å²) in [6.45, 7) is 0.503. The van der Waals surface area contributed by atoms with E-state index in [2.05, 4.69) is 4.72 Å². The first-order valence-electron chi connectivity index (χ1n) is 7.09. The highest BCUT2D eigenvalue weighted by atomic mass is 32.2. The molecule has 2 aliphatic rings. The van der Waals surface area contributed by atoms with Crippen LogP contribution in [-0.4, -0.2) is 15.0 Å². The normalized spacial score (nSPS) is 28.4. The molecule has 106 valence electrons. The van der Waals surface area contributed by atoms with Crippen LogP contribution < -0.4 is 4.72 Å². The molecular formula is C15H18N2O2S. The van der Waals surface area contributed by atoms with Gasteiger partial charge in [-0.3, -0.25) is 0 Å². The van der Waals surface area contributed by atoms with Crippen LogP contribution >= 0.6 is 0 Å². The minimum Gasteiger partial charge on any atom is -0.211 e. The maximum atomic E-state index is 12.3. The second-order valence-corrected chi connectivity index (χ2v) is 7.63. The van der Waals surface area contributed by atoms with Gasteiger partial charge >= 0.3 is 0 Å². The van der Waals surface area contributed by atoms with Crippen molar-refractivity contribution in [2.75, 3.05) is 6.54 Å². The molecule has 1 aromatic carbocycles. The molecule has 3 atom stereocenters. The van der Waals surface area contributed by atoms with Crippen molar-refractivity contribution in [2.24, 2.45) is 17.8 Å². The smallest absolute Gasteiger partial charge is 0.211 e. The Labute approximate surface area is 119 Å². The Morgan fingerprint density at radius 2 is 2.05 bits per heavy atom. The Bertz CT molecular complexity index is 648. The van der Waals surface area contributed by atoms with Gasteiger partial charge in [-0.2, -0.15) is 5.26 Å². The minimum absolute atomic E-state index is 0.0886. The first-order valence-corrected chi connectivity index (χ1v) is 8.57. The summed E-state index contributed by atoms with van der Waals surface area (Å²) >= 11 is 0. The van der Waals surface area contributed by atoms with Crippen LogP contribution in [0.3, 0.4) is 0 Å². The van der Waals surface area contributed by atoms with Crippen molar-refractivity contribution in [1.82, 2.24) is 4.72 Å². The maximum absolute atomic E-state index is 12.3. The quantitative estimate of drug-likeness (QED) is 0.924. The van der Waals surface area contributed by atoms with Crippen molar-refractivity contribution in [1.29, 1.82) is 5.26 Å². The molecule has 2 aliphatic carbocycles. The van der Waals surface area contributed by atoms with Gasteiger partial charge in [-0.1, -0.05) is 18.6 Å². The highest BCUT2D eigenvalue weighted by molar-refractivity contribution is 7.89. The van der Waals surface area contributed by atoms with E-state index in [0.29, 0.717) is 18.4 Å². The molecule has 2 bridgehead atoms. The number of hydrogen-bond acceptors (Lipinski definition) is 3. The van der Waals surface area contributed by atoms with E-state index in [1.807, 2.05) is 6.07 Å². The Kier molecular flexibility index (Phi) is 3.53. The van der Waals surface area contributed by atoms with Gasteiger partial charge in [0, 0.05) is 6.54 Å². The minimum atomic E-state index is -3.58. The van der Waals surface area contributed by atoms with E-state index in [4.69, 9.17) is 5.26 Å². The largest absolute Gasteiger partial charge is 0.241 e. The lowest BCUT2D eigenvalue weighted by Gasteiger charge is -2.21. The van der Waals surface area contributed by atoms with Gasteiger partial charge in [0.2, 0.25) is 10.0 Å². The third-order valence-electron chi connectivity index (χ3n) is 4.72. The molecule has 1 aromatic rings. The molecule has 1 N–H and O–H groups in total. The summed E-state index contributed by atoms with van der Waals surface area (Å²) in [4.78, 5) is 0.0886. The van der Waals surface area contributed by atoms with E-state index in [9.17, 15) is 8.42 Å². The monoisotopic (exact) mass is 290 g/mol. The predicted molar refractivity (Wildman–Crippen MR) is 75.3 cm³/mol. The van der Waals surface area contributed by atoms with Crippen LogP contribution in [0.5, 0.6) is 0 Å². The fourth-order valence-electron chi connectivity index (χ4n) is 3.71. The molecule has 3 unspecified atom stereocenters. The van der Waals surface area contributed by atoms with Gasteiger partial charge in [-0.25, -0.2) is 13.1 Å². The number of nitrogens with zero attached hydrogens (tertiary/aromatic N) is 1. The number of benzene rings is 1. The topological polar surface area (TPSA) is 70.0 Å². The number of nitriles is 1. The van der Waals surface area contributed by atoms with Crippen LogP contribution in [0, 0.1) is 29.1 Å². The van der Waals surface area contributed by atoms with Crippen LogP contribution in [-0.2, 0) is 10.0 Å². The zero-order valence-electron chi connectivity index (χ0n) is 11.2. The summed E-state index contributed by atoms with van der Waals surface area (Å²) in [5, 5.41) is 9.01. The first-order chi connectivity index (χ1) is 9.60. The summed E-state index contributed by atoms with van der Waals surface area (Å²) < 4.78 is 27.3. The Morgan fingerprint density at radius 1 is 1.25 bits per heavy atom. The zero-order chi connectivity index (χ0) is 14.2. The van der Waals surface area contributed by atoms with Gasteiger partial charge in [-0.15, -0.1) is 0 Å². The molecule has 0 spiro atoms. The summed E-state index contributed by atoms with van der Waals surface area (Å²) in [5.74, 6) is 1.97. The van der Waals surface area contributed by atoms with Crippen molar-refractivity contribution >= 4 is 10.0 Å². The maximum Gasteiger partial charge on any atom is 0.241 e. The van der Waals surface area contributed by atoms with Crippen LogP contribution in [0.2, 0.25) is 0 Å². The molecule has 0 saturated heterocycles. The lowest BCUT2D eigenvalue weighted by molar-refractivity contribution is 0.333. The van der Waals surface area contributed by atoms with Crippen LogP contribution in [0.1, 0.15) is 31.2 Å². The molecule has 2 saturated carbocycles. The van der Waals surface area contributed by atoms with Gasteiger partial charge in [0.25, 0.3) is 0 Å². The molecule has 0 radical (unpaired) electrons. The Balaban J connectivity index is 1.72. The Morgan fingerprint density at radius 3 is 2.70 bits per heavy atom. The van der Waals surface area contributed by atoms with Crippen LogP contribution in [0.15, 0.2) is 29.2 Å². The molecule has 0 heterocycles. The summed E-state index contributed by atoms with van der Waals surface area (Å²) in [5.41, 5.74) is 0.202. The summed E-state index contributed by atoms with van der Waals surface area (Å²) in [6, 6.07) is 8.28. The van der Waals surface area contributed by atoms with E-state index < -0.39 is 10.0 Å². The molecule has 20 heavy (non-hydrogen) atoms. The van der Waals surface area contributed by atoms with Crippen molar-refractivity contribution in [2.45, 2.75) is 30.6 Å². The van der Waals surface area contributed by atoms with Gasteiger partial charge in [-0.05, 0) is 49.1 Å². The highest BCUT2D eigenvalue weighted by Gasteiger charge is 2.39. The number of rotatable bonds is 4. The third kappa shape index (κ3) is 2.46. The van der Waals surface area contributed by atoms with Crippen LogP contribution in [0.25, 0.3) is 0 Å². The fourth-order valence-corrected chi connectivity index (χ4v) is 4.96. The molecular weight excluding hydrogens is 272 g/mol. The van der Waals surface area contributed by atoms with Gasteiger partial charge < -0.3 is 0 Å². The van der Waals surface area contributed by atoms with E-state index in [1.165, 1.54) is 31.4 Å². The summed E-state index contributed by atoms with van der Waals surface area (Å²) in [6.07, 6.45) is 4.96. The lowest BCUT2D eigenvalue weighted by Crippen LogP contribution is -2.32. The molecule has 0 aliphatic heterocycles. The standard InChI is InChI=1S/C15H18N2O2S/c16-9-13-3-1-2-4-15(13)20(18,19)17-10-14-8-11-5-6-12(14)7-11/h1-4,11-12,14,17H,5-8,10H2. The van der Waals surface area contributed by atoms with Crippen molar-refractivity contribution in [3.8, 4) is 6.07 Å². The number of sulfonamides is 1. The summed E-state index contributed by atoms with van der Waals surface area (Å²) in [7, 11) is -3.58. The molecule has 5 heteroatoms. The van der Waals surface area contributed by atoms with E-state index in [1.54, 1.807) is 12.1 Å². The van der Waals surface area contributed by atoms with Crippen molar-refractivity contribution in [3.63, 3.8) is 0 Å². The van der Waals surface area contributed by atoms with Crippen molar-refractivity contribution in [3.05, 3.63) is 29.8 Å².